The molecule has 2 heteroatoms. The van der Waals surface area contributed by atoms with E-state index in [0.29, 0.717) is 0 Å². The van der Waals surface area contributed by atoms with Gasteiger partial charge in [-0.25, -0.2) is 0 Å². The highest BCUT2D eigenvalue weighted by Crippen LogP contribution is 2.00. The maximum atomic E-state index is 4.09. The van der Waals surface area contributed by atoms with Crippen LogP contribution in [0.15, 0.2) is 10.6 Å². The van der Waals surface area contributed by atoms with Gasteiger partial charge in [0.25, 0.3) is 0 Å². The molecule has 0 rings (SSSR count). The molecule has 0 aromatic carbocycles. The standard InChI is InChI=1S/C5H11NS/c1-4(2)5(7)6-3/h6-7H,1-3H3. The highest BCUT2D eigenvalue weighted by molar-refractivity contribution is 7.84. The second-order valence-corrected chi connectivity index (χ2v) is 2.05. The lowest BCUT2D eigenvalue weighted by atomic mass is 10.4. The lowest BCUT2D eigenvalue weighted by Gasteiger charge is -1.97. The van der Waals surface area contributed by atoms with Crippen LogP contribution in [0.3, 0.4) is 0 Å². The van der Waals surface area contributed by atoms with Crippen molar-refractivity contribution in [2.45, 2.75) is 13.8 Å². The summed E-state index contributed by atoms with van der Waals surface area (Å²) in [7, 11) is 1.86. The summed E-state index contributed by atoms with van der Waals surface area (Å²) < 4.78 is 0. The fraction of sp³-hybridized carbons (Fsp3) is 0.600. The van der Waals surface area contributed by atoms with Crippen molar-refractivity contribution in [3.05, 3.63) is 10.6 Å². The summed E-state index contributed by atoms with van der Waals surface area (Å²) in [6.45, 7) is 4.03. The van der Waals surface area contributed by atoms with Crippen LogP contribution in [-0.4, -0.2) is 7.05 Å². The molecule has 0 spiro atoms. The molecule has 0 fully saturated rings. The molecule has 0 aromatic heterocycles. The molecule has 0 radical (unpaired) electrons. The Morgan fingerprint density at radius 1 is 1.43 bits per heavy atom. The van der Waals surface area contributed by atoms with Gasteiger partial charge in [-0.3, -0.25) is 0 Å². The molecule has 0 unspecified atom stereocenters. The molecular weight excluding hydrogens is 106 g/mol. The number of hydrogen-bond acceptors (Lipinski definition) is 2. The van der Waals surface area contributed by atoms with E-state index in [4.69, 9.17) is 0 Å². The number of nitrogens with one attached hydrogen (secondary N) is 1. The minimum absolute atomic E-state index is 0.958. The van der Waals surface area contributed by atoms with Crippen molar-refractivity contribution in [1.82, 2.24) is 5.32 Å². The SMILES string of the molecule is CNC(S)=C(C)C. The zero-order valence-electron chi connectivity index (χ0n) is 4.95. The monoisotopic (exact) mass is 117 g/mol. The van der Waals surface area contributed by atoms with Crippen LogP contribution in [0.25, 0.3) is 0 Å². The molecule has 0 aliphatic carbocycles. The van der Waals surface area contributed by atoms with E-state index >= 15 is 0 Å². The molecular formula is C5H11NS. The van der Waals surface area contributed by atoms with Crippen molar-refractivity contribution in [2.24, 2.45) is 0 Å². The zero-order chi connectivity index (χ0) is 5.86. The zero-order valence-corrected chi connectivity index (χ0v) is 5.84. The van der Waals surface area contributed by atoms with Crippen LogP contribution in [0.4, 0.5) is 0 Å². The van der Waals surface area contributed by atoms with Crippen molar-refractivity contribution in [1.29, 1.82) is 0 Å². The highest BCUT2D eigenvalue weighted by Gasteiger charge is 1.82. The van der Waals surface area contributed by atoms with Gasteiger partial charge in [-0.1, -0.05) is 0 Å². The lowest BCUT2D eigenvalue weighted by molar-refractivity contribution is 1.05. The largest absolute Gasteiger partial charge is 0.383 e. The molecule has 0 aromatic rings. The van der Waals surface area contributed by atoms with Gasteiger partial charge in [0.15, 0.2) is 0 Å². The fourth-order valence-electron chi connectivity index (χ4n) is 0.250. The van der Waals surface area contributed by atoms with Crippen molar-refractivity contribution in [2.75, 3.05) is 7.05 Å². The average Bonchev–Trinajstić information content (AvgIpc) is 1.65. The third-order valence-electron chi connectivity index (χ3n) is 0.710. The minimum Gasteiger partial charge on any atom is -0.383 e. The maximum Gasteiger partial charge on any atom is 0.0633 e. The van der Waals surface area contributed by atoms with Gasteiger partial charge in [-0.2, -0.15) is 0 Å². The van der Waals surface area contributed by atoms with Gasteiger partial charge in [0.1, 0.15) is 0 Å². The molecule has 1 N–H and O–H groups in total. The summed E-state index contributed by atoms with van der Waals surface area (Å²) in [4.78, 5) is 0. The van der Waals surface area contributed by atoms with Crippen molar-refractivity contribution >= 4 is 12.6 Å². The molecule has 0 aliphatic heterocycles. The predicted octanol–water partition coefficient (Wildman–Crippen LogP) is 1.39. The van der Waals surface area contributed by atoms with E-state index in [0.717, 1.165) is 5.03 Å². The summed E-state index contributed by atoms with van der Waals surface area (Å²) in [6, 6.07) is 0. The quantitative estimate of drug-likeness (QED) is 0.494. The predicted molar refractivity (Wildman–Crippen MR) is 36.4 cm³/mol. The van der Waals surface area contributed by atoms with Gasteiger partial charge in [-0.15, -0.1) is 12.6 Å². The molecule has 1 nitrogen and oxygen atoms in total. The van der Waals surface area contributed by atoms with Gasteiger partial charge in [0.05, 0.1) is 5.03 Å². The third-order valence-corrected chi connectivity index (χ3v) is 1.38. The Labute approximate surface area is 50.2 Å². The second-order valence-electron chi connectivity index (χ2n) is 1.60. The maximum absolute atomic E-state index is 4.09. The van der Waals surface area contributed by atoms with Crippen LogP contribution in [0.1, 0.15) is 13.8 Å². The average molecular weight is 117 g/mol. The molecule has 0 heterocycles. The first-order valence-corrected chi connectivity index (χ1v) is 2.67. The Morgan fingerprint density at radius 3 is 1.86 bits per heavy atom. The molecule has 0 saturated heterocycles. The first-order valence-electron chi connectivity index (χ1n) is 2.22. The van der Waals surface area contributed by atoms with Gasteiger partial charge in [0.2, 0.25) is 0 Å². The molecule has 0 amide bonds. The van der Waals surface area contributed by atoms with E-state index in [1.54, 1.807) is 0 Å². The molecule has 42 valence electrons. The Bertz CT molecular complexity index is 82.1. The number of thiol groups is 1. The van der Waals surface area contributed by atoms with E-state index < -0.39 is 0 Å². The van der Waals surface area contributed by atoms with Crippen LogP contribution in [0.2, 0.25) is 0 Å². The third kappa shape index (κ3) is 2.57. The summed E-state index contributed by atoms with van der Waals surface area (Å²) in [5.74, 6) is 0. The van der Waals surface area contributed by atoms with Gasteiger partial charge < -0.3 is 5.32 Å². The van der Waals surface area contributed by atoms with Gasteiger partial charge >= 0.3 is 0 Å². The van der Waals surface area contributed by atoms with E-state index in [1.807, 2.05) is 20.9 Å². The van der Waals surface area contributed by atoms with Crippen LogP contribution >= 0.6 is 12.6 Å². The number of allylic oxidation sites excluding steroid dienone is 1. The molecule has 7 heavy (non-hydrogen) atoms. The Kier molecular flexibility index (Phi) is 2.92. The minimum atomic E-state index is 0.958. The smallest absolute Gasteiger partial charge is 0.0633 e. The molecule has 0 bridgehead atoms. The number of hydrogen-bond donors (Lipinski definition) is 2. The Hall–Kier alpha value is -0.110. The van der Waals surface area contributed by atoms with Crippen LogP contribution < -0.4 is 5.32 Å². The van der Waals surface area contributed by atoms with E-state index in [1.165, 1.54) is 5.57 Å². The summed E-state index contributed by atoms with van der Waals surface area (Å²) in [6.07, 6.45) is 0. The summed E-state index contributed by atoms with van der Waals surface area (Å²) in [5, 5.41) is 3.87. The van der Waals surface area contributed by atoms with Crippen molar-refractivity contribution in [3.63, 3.8) is 0 Å². The van der Waals surface area contributed by atoms with Crippen LogP contribution in [-0.2, 0) is 0 Å². The second kappa shape index (κ2) is 2.97. The highest BCUT2D eigenvalue weighted by atomic mass is 32.1. The van der Waals surface area contributed by atoms with Crippen LogP contribution in [0.5, 0.6) is 0 Å². The Balaban J connectivity index is 3.72. The molecule has 0 atom stereocenters. The fourth-order valence-corrected chi connectivity index (χ4v) is 0.250. The van der Waals surface area contributed by atoms with Crippen molar-refractivity contribution < 1.29 is 0 Å². The first kappa shape index (κ1) is 6.89. The molecule has 0 aliphatic rings. The summed E-state index contributed by atoms with van der Waals surface area (Å²) in [5.41, 5.74) is 1.21. The molecule has 0 saturated carbocycles. The van der Waals surface area contributed by atoms with Crippen molar-refractivity contribution in [3.8, 4) is 0 Å². The van der Waals surface area contributed by atoms with E-state index in [-0.39, 0.29) is 0 Å². The van der Waals surface area contributed by atoms with E-state index in [2.05, 4.69) is 17.9 Å². The topological polar surface area (TPSA) is 12.0 Å². The van der Waals surface area contributed by atoms with Gasteiger partial charge in [0, 0.05) is 7.05 Å². The summed E-state index contributed by atoms with van der Waals surface area (Å²) >= 11 is 4.09. The Morgan fingerprint density at radius 2 is 1.86 bits per heavy atom. The van der Waals surface area contributed by atoms with E-state index in [9.17, 15) is 0 Å². The lowest BCUT2D eigenvalue weighted by Crippen LogP contribution is -2.00. The van der Waals surface area contributed by atoms with Crippen LogP contribution in [0, 0.1) is 0 Å². The van der Waals surface area contributed by atoms with Gasteiger partial charge in [-0.05, 0) is 19.4 Å². The first-order chi connectivity index (χ1) is 3.18. The number of rotatable bonds is 1. The normalized spacial score (nSPS) is 8.00.